The maximum absolute atomic E-state index is 13.0. The van der Waals surface area contributed by atoms with Gasteiger partial charge in [-0.2, -0.15) is 18.3 Å². The molecule has 0 aromatic carbocycles. The summed E-state index contributed by atoms with van der Waals surface area (Å²) < 4.78 is 40.2. The summed E-state index contributed by atoms with van der Waals surface area (Å²) in [6.45, 7) is 0.708. The van der Waals surface area contributed by atoms with Gasteiger partial charge in [0.05, 0.1) is 35.8 Å². The number of hydrogen-bond donors (Lipinski definition) is 1. The number of nitrogens with zero attached hydrogens (tertiary/aromatic N) is 5. The number of alkyl halides is 3. The van der Waals surface area contributed by atoms with Crippen molar-refractivity contribution in [3.05, 3.63) is 75.6 Å². The van der Waals surface area contributed by atoms with Gasteiger partial charge in [-0.3, -0.25) is 14.6 Å². The minimum absolute atomic E-state index is 0.0389. The van der Waals surface area contributed by atoms with E-state index in [4.69, 9.17) is 0 Å². The Morgan fingerprint density at radius 1 is 1.15 bits per heavy atom. The lowest BCUT2D eigenvalue weighted by Gasteiger charge is -2.27. The summed E-state index contributed by atoms with van der Waals surface area (Å²) in [7, 11) is 0. The molecule has 0 aliphatic carbocycles. The summed E-state index contributed by atoms with van der Waals surface area (Å²) in [5.74, 6) is -0.718. The zero-order chi connectivity index (χ0) is 23.2. The van der Waals surface area contributed by atoms with Crippen molar-refractivity contribution >= 4 is 34.5 Å². The second-order valence-corrected chi connectivity index (χ2v) is 8.35. The van der Waals surface area contributed by atoms with E-state index in [-0.39, 0.29) is 11.6 Å². The zero-order valence-electron chi connectivity index (χ0n) is 16.8. The molecular weight excluding hydrogens is 457 g/mol. The molecule has 5 rings (SSSR count). The molecule has 1 N–H and O–H groups in total. The Balaban J connectivity index is 1.33. The van der Waals surface area contributed by atoms with Crippen LogP contribution in [0.5, 0.6) is 0 Å². The Labute approximate surface area is 188 Å². The average molecular weight is 472 g/mol. The molecule has 1 aliphatic rings. The Kier molecular flexibility index (Phi) is 5.08. The number of amides is 2. The lowest BCUT2D eigenvalue weighted by Crippen LogP contribution is -2.35. The summed E-state index contributed by atoms with van der Waals surface area (Å²) in [5, 5.41) is 8.30. The van der Waals surface area contributed by atoms with Crippen LogP contribution in [0, 0.1) is 0 Å². The van der Waals surface area contributed by atoms with Crippen molar-refractivity contribution in [2.24, 2.45) is 0 Å². The summed E-state index contributed by atoms with van der Waals surface area (Å²) in [5.41, 5.74) is 1.06. The molecule has 0 fully saturated rings. The van der Waals surface area contributed by atoms with Crippen molar-refractivity contribution in [2.45, 2.75) is 19.1 Å². The standard InChI is InChI=1S/C21H15F3N6O2S/c22-21(23,24)12-6-13(8-25-7-12)28-19(31)16-11-33-17-10-29(5-2-14(16)17)20(32)15-9-27-30-4-1-3-26-18(15)30/h1,3-4,6-9,11H,2,5,10H2,(H,28,31). The molecule has 0 atom stereocenters. The fourth-order valence-electron chi connectivity index (χ4n) is 3.70. The van der Waals surface area contributed by atoms with Crippen molar-refractivity contribution < 1.29 is 22.8 Å². The third kappa shape index (κ3) is 3.93. The van der Waals surface area contributed by atoms with E-state index in [2.05, 4.69) is 20.4 Å². The molecular formula is C21H15F3N6O2S. The summed E-state index contributed by atoms with van der Waals surface area (Å²) in [4.78, 5) is 36.1. The Morgan fingerprint density at radius 3 is 2.82 bits per heavy atom. The highest BCUT2D eigenvalue weighted by Crippen LogP contribution is 2.32. The molecule has 2 amide bonds. The highest BCUT2D eigenvalue weighted by Gasteiger charge is 2.32. The number of fused-ring (bicyclic) bond motifs is 2. The van der Waals surface area contributed by atoms with Crippen LogP contribution in [-0.2, 0) is 19.1 Å². The van der Waals surface area contributed by atoms with Crippen molar-refractivity contribution in [3.63, 3.8) is 0 Å². The number of carbonyl (C=O) groups is 2. The number of nitrogens with one attached hydrogen (secondary N) is 1. The molecule has 0 saturated heterocycles. The number of anilines is 1. The maximum atomic E-state index is 13.0. The Morgan fingerprint density at radius 2 is 2.00 bits per heavy atom. The quantitative estimate of drug-likeness (QED) is 0.491. The van der Waals surface area contributed by atoms with Gasteiger partial charge in [-0.1, -0.05) is 0 Å². The molecule has 33 heavy (non-hydrogen) atoms. The second kappa shape index (κ2) is 7.96. The van der Waals surface area contributed by atoms with Crippen LogP contribution in [0.4, 0.5) is 18.9 Å². The largest absolute Gasteiger partial charge is 0.417 e. The summed E-state index contributed by atoms with van der Waals surface area (Å²) in [6, 6.07) is 2.56. The monoisotopic (exact) mass is 472 g/mol. The van der Waals surface area contributed by atoms with Crippen LogP contribution < -0.4 is 5.32 Å². The third-order valence-electron chi connectivity index (χ3n) is 5.31. The van der Waals surface area contributed by atoms with Crippen LogP contribution in [0.3, 0.4) is 0 Å². The predicted octanol–water partition coefficient (Wildman–Crippen LogP) is 3.66. The molecule has 0 radical (unpaired) electrons. The van der Waals surface area contributed by atoms with Gasteiger partial charge < -0.3 is 10.2 Å². The van der Waals surface area contributed by atoms with Gasteiger partial charge in [0.25, 0.3) is 11.8 Å². The van der Waals surface area contributed by atoms with Gasteiger partial charge in [-0.25, -0.2) is 9.50 Å². The number of hydrogen-bond acceptors (Lipinski definition) is 6. The van der Waals surface area contributed by atoms with E-state index < -0.39 is 17.6 Å². The van der Waals surface area contributed by atoms with Crippen LogP contribution in [0.1, 0.15) is 36.7 Å². The number of halogens is 3. The zero-order valence-corrected chi connectivity index (χ0v) is 17.7. The summed E-state index contributed by atoms with van der Waals surface area (Å²) >= 11 is 1.33. The smallest absolute Gasteiger partial charge is 0.333 e. The van der Waals surface area contributed by atoms with E-state index >= 15 is 0 Å². The predicted molar refractivity (Wildman–Crippen MR) is 113 cm³/mol. The number of pyridine rings is 1. The lowest BCUT2D eigenvalue weighted by molar-refractivity contribution is -0.137. The molecule has 0 unspecified atom stereocenters. The Hall–Kier alpha value is -3.80. The fourth-order valence-corrected chi connectivity index (χ4v) is 4.80. The molecule has 12 heteroatoms. The molecule has 0 spiro atoms. The van der Waals surface area contributed by atoms with Crippen LogP contribution >= 0.6 is 11.3 Å². The normalized spacial score (nSPS) is 13.7. The highest BCUT2D eigenvalue weighted by atomic mass is 32.1. The van der Waals surface area contributed by atoms with Crippen molar-refractivity contribution in [1.82, 2.24) is 24.5 Å². The second-order valence-electron chi connectivity index (χ2n) is 7.39. The van der Waals surface area contributed by atoms with Gasteiger partial charge in [0.2, 0.25) is 0 Å². The van der Waals surface area contributed by atoms with Crippen LogP contribution in [0.25, 0.3) is 5.65 Å². The maximum Gasteiger partial charge on any atom is 0.417 e. The summed E-state index contributed by atoms with van der Waals surface area (Å²) in [6.07, 6.45) is 2.53. The first-order chi connectivity index (χ1) is 15.8. The minimum Gasteiger partial charge on any atom is -0.333 e. The highest BCUT2D eigenvalue weighted by molar-refractivity contribution is 7.10. The van der Waals surface area contributed by atoms with Gasteiger partial charge in [0, 0.05) is 35.4 Å². The van der Waals surface area contributed by atoms with Crippen LogP contribution in [0.15, 0.2) is 48.5 Å². The minimum atomic E-state index is -4.55. The van der Waals surface area contributed by atoms with Crippen LogP contribution in [-0.4, -0.2) is 42.8 Å². The molecule has 1 aliphatic heterocycles. The van der Waals surface area contributed by atoms with Crippen LogP contribution in [0.2, 0.25) is 0 Å². The number of carbonyl (C=O) groups excluding carboxylic acids is 2. The average Bonchev–Trinajstić information content (AvgIpc) is 3.42. The van der Waals surface area contributed by atoms with E-state index in [9.17, 15) is 22.8 Å². The van der Waals surface area contributed by atoms with E-state index in [1.807, 2.05) is 0 Å². The van der Waals surface area contributed by atoms with Gasteiger partial charge in [0.15, 0.2) is 5.65 Å². The first-order valence-electron chi connectivity index (χ1n) is 9.82. The number of aromatic nitrogens is 4. The molecule has 4 aromatic heterocycles. The van der Waals surface area contributed by atoms with Gasteiger partial charge >= 0.3 is 6.18 Å². The van der Waals surface area contributed by atoms with Crippen molar-refractivity contribution in [2.75, 3.05) is 11.9 Å². The van der Waals surface area contributed by atoms with E-state index in [1.165, 1.54) is 22.0 Å². The third-order valence-corrected chi connectivity index (χ3v) is 6.33. The van der Waals surface area contributed by atoms with E-state index in [0.717, 1.165) is 22.7 Å². The molecule has 5 heterocycles. The molecule has 0 bridgehead atoms. The molecule has 0 saturated carbocycles. The van der Waals surface area contributed by atoms with E-state index in [1.54, 1.807) is 28.7 Å². The first kappa shape index (κ1) is 21.1. The number of rotatable bonds is 3. The van der Waals surface area contributed by atoms with Gasteiger partial charge in [0.1, 0.15) is 5.56 Å². The fraction of sp³-hybridized carbons (Fsp3) is 0.190. The van der Waals surface area contributed by atoms with Crippen molar-refractivity contribution in [3.8, 4) is 0 Å². The molecule has 168 valence electrons. The van der Waals surface area contributed by atoms with E-state index in [0.29, 0.717) is 42.5 Å². The van der Waals surface area contributed by atoms with Gasteiger partial charge in [-0.15, -0.1) is 11.3 Å². The number of thiophene rings is 1. The van der Waals surface area contributed by atoms with Crippen molar-refractivity contribution in [1.29, 1.82) is 0 Å². The lowest BCUT2D eigenvalue weighted by atomic mass is 10.0. The topological polar surface area (TPSA) is 92.5 Å². The molecule has 4 aromatic rings. The molecule has 8 nitrogen and oxygen atoms in total. The SMILES string of the molecule is O=C(Nc1cncc(C(F)(F)F)c1)c1csc2c1CCN(C(=O)c1cnn3cccnc13)C2. The van der Waals surface area contributed by atoms with Gasteiger partial charge in [-0.05, 0) is 24.1 Å². The Bertz CT molecular complexity index is 1380. The first-order valence-corrected chi connectivity index (χ1v) is 10.7.